The molecule has 4 heterocycles. The lowest BCUT2D eigenvalue weighted by atomic mass is 10.2. The molecule has 126 valence electrons. The van der Waals surface area contributed by atoms with Crippen LogP contribution in [0.4, 0.5) is 0 Å². The number of piperazine rings is 1. The zero-order chi connectivity index (χ0) is 16.7. The lowest BCUT2D eigenvalue weighted by Crippen LogP contribution is -2.49. The molecule has 1 aliphatic rings. The summed E-state index contributed by atoms with van der Waals surface area (Å²) in [7, 11) is 0. The summed E-state index contributed by atoms with van der Waals surface area (Å²) in [6.45, 7) is 6.97. The molecular weight excluding hydrogens is 344 g/mol. The van der Waals surface area contributed by atoms with Crippen molar-refractivity contribution < 1.29 is 9.32 Å². The van der Waals surface area contributed by atoms with Crippen LogP contribution in [-0.4, -0.2) is 52.0 Å². The highest BCUT2D eigenvalue weighted by atomic mass is 32.1. The van der Waals surface area contributed by atoms with E-state index in [1.165, 1.54) is 9.40 Å². The summed E-state index contributed by atoms with van der Waals surface area (Å²) in [6.07, 6.45) is 0. The third kappa shape index (κ3) is 2.85. The summed E-state index contributed by atoms with van der Waals surface area (Å²) < 4.78 is 7.46. The van der Waals surface area contributed by atoms with E-state index in [1.807, 2.05) is 11.0 Å². The van der Waals surface area contributed by atoms with E-state index >= 15 is 0 Å². The highest BCUT2D eigenvalue weighted by molar-refractivity contribution is 7.27. The monoisotopic (exact) mass is 362 g/mol. The van der Waals surface area contributed by atoms with Crippen molar-refractivity contribution in [3.63, 3.8) is 0 Å². The highest BCUT2D eigenvalue weighted by Gasteiger charge is 2.28. The van der Waals surface area contributed by atoms with Gasteiger partial charge in [0.05, 0.1) is 10.9 Å². The molecule has 3 aromatic rings. The van der Waals surface area contributed by atoms with Gasteiger partial charge in [-0.1, -0.05) is 5.16 Å². The summed E-state index contributed by atoms with van der Waals surface area (Å²) in [5.74, 6) is 1.44. The second kappa shape index (κ2) is 6.27. The Morgan fingerprint density at radius 1 is 1.29 bits per heavy atom. The average molecular weight is 362 g/mol. The van der Waals surface area contributed by atoms with Crippen LogP contribution in [0.3, 0.4) is 0 Å². The minimum Gasteiger partial charge on any atom is -0.340 e. The first kappa shape index (κ1) is 15.7. The van der Waals surface area contributed by atoms with Gasteiger partial charge in [-0.2, -0.15) is 4.98 Å². The molecule has 0 aromatic carbocycles. The third-order valence-electron chi connectivity index (χ3n) is 4.42. The van der Waals surface area contributed by atoms with Crippen molar-refractivity contribution in [2.24, 2.45) is 0 Å². The second-order valence-electron chi connectivity index (χ2n) is 5.94. The van der Waals surface area contributed by atoms with Crippen LogP contribution in [0.15, 0.2) is 22.0 Å². The molecular formula is C16H18N4O2S2. The number of amides is 1. The van der Waals surface area contributed by atoms with Crippen LogP contribution in [0, 0.1) is 6.92 Å². The van der Waals surface area contributed by atoms with Crippen molar-refractivity contribution in [2.45, 2.75) is 19.9 Å². The zero-order valence-electron chi connectivity index (χ0n) is 13.6. The molecule has 0 spiro atoms. The summed E-state index contributed by atoms with van der Waals surface area (Å²) in [5, 5.41) is 6.07. The Labute approximate surface area is 147 Å². The molecule has 1 fully saturated rings. The zero-order valence-corrected chi connectivity index (χ0v) is 15.2. The van der Waals surface area contributed by atoms with Crippen LogP contribution in [-0.2, 0) is 0 Å². The summed E-state index contributed by atoms with van der Waals surface area (Å²) in [6, 6.07) is 4.20. The predicted octanol–water partition coefficient (Wildman–Crippen LogP) is 3.17. The van der Waals surface area contributed by atoms with Gasteiger partial charge >= 0.3 is 0 Å². The second-order valence-corrected chi connectivity index (χ2v) is 7.97. The van der Waals surface area contributed by atoms with Gasteiger partial charge in [-0.15, -0.1) is 22.7 Å². The molecule has 1 aliphatic heterocycles. The first-order valence-corrected chi connectivity index (χ1v) is 9.62. The van der Waals surface area contributed by atoms with Gasteiger partial charge in [0.25, 0.3) is 5.91 Å². The van der Waals surface area contributed by atoms with Crippen molar-refractivity contribution in [3.8, 4) is 0 Å². The van der Waals surface area contributed by atoms with E-state index in [0.717, 1.165) is 31.1 Å². The molecule has 8 heteroatoms. The minimum absolute atomic E-state index is 0.103. The normalized spacial score (nSPS) is 17.5. The van der Waals surface area contributed by atoms with Crippen molar-refractivity contribution in [1.29, 1.82) is 0 Å². The molecule has 1 saturated heterocycles. The maximum Gasteiger partial charge on any atom is 0.264 e. The van der Waals surface area contributed by atoms with Gasteiger partial charge in [0.2, 0.25) is 5.89 Å². The number of rotatable bonds is 3. The van der Waals surface area contributed by atoms with Gasteiger partial charge in [0.1, 0.15) is 0 Å². The lowest BCUT2D eigenvalue weighted by molar-refractivity contribution is 0.0577. The van der Waals surface area contributed by atoms with E-state index in [1.54, 1.807) is 29.6 Å². The molecule has 0 saturated carbocycles. The van der Waals surface area contributed by atoms with Crippen LogP contribution in [0.5, 0.6) is 0 Å². The van der Waals surface area contributed by atoms with Gasteiger partial charge in [0, 0.05) is 42.5 Å². The lowest BCUT2D eigenvalue weighted by Gasteiger charge is -2.36. The largest absolute Gasteiger partial charge is 0.340 e. The number of carbonyl (C=O) groups is 1. The van der Waals surface area contributed by atoms with Crippen molar-refractivity contribution in [1.82, 2.24) is 19.9 Å². The van der Waals surface area contributed by atoms with Crippen LogP contribution < -0.4 is 0 Å². The SMILES string of the molecule is Cc1nc(C(C)N2CCN(C(=O)c3cc4sccc4s3)CC2)no1. The number of hydrogen-bond acceptors (Lipinski definition) is 7. The number of aromatic nitrogens is 2. The molecule has 4 rings (SSSR count). The number of carbonyl (C=O) groups excluding carboxylic acids is 1. The maximum absolute atomic E-state index is 12.7. The quantitative estimate of drug-likeness (QED) is 0.716. The molecule has 1 amide bonds. The summed E-state index contributed by atoms with van der Waals surface area (Å²) in [4.78, 5) is 22.1. The molecule has 1 atom stereocenters. The number of thiophene rings is 2. The highest BCUT2D eigenvalue weighted by Crippen LogP contribution is 2.31. The van der Waals surface area contributed by atoms with E-state index in [0.29, 0.717) is 11.7 Å². The molecule has 0 N–H and O–H groups in total. The van der Waals surface area contributed by atoms with Crippen molar-refractivity contribution in [3.05, 3.63) is 34.1 Å². The number of aryl methyl sites for hydroxylation is 1. The van der Waals surface area contributed by atoms with Crippen LogP contribution >= 0.6 is 22.7 Å². The van der Waals surface area contributed by atoms with E-state index in [-0.39, 0.29) is 11.9 Å². The smallest absolute Gasteiger partial charge is 0.264 e. The van der Waals surface area contributed by atoms with Crippen LogP contribution in [0.25, 0.3) is 9.40 Å². The van der Waals surface area contributed by atoms with Gasteiger partial charge < -0.3 is 9.42 Å². The molecule has 1 unspecified atom stereocenters. The topological polar surface area (TPSA) is 62.5 Å². The molecule has 0 bridgehead atoms. The molecule has 6 nitrogen and oxygen atoms in total. The van der Waals surface area contributed by atoms with Crippen molar-refractivity contribution >= 4 is 38.0 Å². The predicted molar refractivity (Wildman–Crippen MR) is 94.6 cm³/mol. The van der Waals surface area contributed by atoms with Gasteiger partial charge in [-0.05, 0) is 24.4 Å². The Balaban J connectivity index is 1.40. The Bertz CT molecular complexity index is 832. The Morgan fingerprint density at radius 2 is 2.08 bits per heavy atom. The van der Waals surface area contributed by atoms with Crippen molar-refractivity contribution in [2.75, 3.05) is 26.2 Å². The van der Waals surface area contributed by atoms with Gasteiger partial charge in [0.15, 0.2) is 5.82 Å². The fraction of sp³-hybridized carbons (Fsp3) is 0.438. The number of hydrogen-bond donors (Lipinski definition) is 0. The van der Waals surface area contributed by atoms with E-state index in [9.17, 15) is 4.79 Å². The maximum atomic E-state index is 12.7. The van der Waals surface area contributed by atoms with Crippen LogP contribution in [0.2, 0.25) is 0 Å². The van der Waals surface area contributed by atoms with E-state index < -0.39 is 0 Å². The average Bonchev–Trinajstić information content (AvgIpc) is 3.29. The molecule has 24 heavy (non-hydrogen) atoms. The molecule has 3 aromatic heterocycles. The summed E-state index contributed by atoms with van der Waals surface area (Å²) in [5.41, 5.74) is 0. The van der Waals surface area contributed by atoms with Gasteiger partial charge in [-0.25, -0.2) is 0 Å². The fourth-order valence-corrected chi connectivity index (χ4v) is 5.06. The van der Waals surface area contributed by atoms with Gasteiger partial charge in [-0.3, -0.25) is 9.69 Å². The molecule has 0 radical (unpaired) electrons. The number of fused-ring (bicyclic) bond motifs is 1. The standard InChI is InChI=1S/C16H18N4O2S2/c1-10(15-17-11(2)22-18-15)19-4-6-20(7-5-19)16(21)14-9-13-12(24-14)3-8-23-13/h3,8-10H,4-7H2,1-2H3. The first-order chi connectivity index (χ1) is 11.6. The third-order valence-corrected chi connectivity index (χ3v) is 6.50. The number of nitrogens with zero attached hydrogens (tertiary/aromatic N) is 4. The van der Waals surface area contributed by atoms with E-state index in [4.69, 9.17) is 4.52 Å². The summed E-state index contributed by atoms with van der Waals surface area (Å²) >= 11 is 3.27. The Hall–Kier alpha value is -1.77. The molecule has 0 aliphatic carbocycles. The van der Waals surface area contributed by atoms with Crippen LogP contribution in [0.1, 0.15) is 34.4 Å². The van der Waals surface area contributed by atoms with E-state index in [2.05, 4.69) is 33.4 Å². The minimum atomic E-state index is 0.103. The fourth-order valence-electron chi connectivity index (χ4n) is 2.99. The Morgan fingerprint density at radius 3 is 2.75 bits per heavy atom. The first-order valence-electron chi connectivity index (χ1n) is 7.92. The Kier molecular flexibility index (Phi) is 4.11.